The lowest BCUT2D eigenvalue weighted by Gasteiger charge is -2.28. The Hall–Kier alpha value is -3.18. The molecule has 1 aromatic carbocycles. The van der Waals surface area contributed by atoms with Gasteiger partial charge in [-0.2, -0.15) is 0 Å². The van der Waals surface area contributed by atoms with Crippen LogP contribution in [0.4, 0.5) is 4.79 Å². The monoisotopic (exact) mass is 603 g/mol. The first kappa shape index (κ1) is 29.3. The van der Waals surface area contributed by atoms with Gasteiger partial charge in [0.2, 0.25) is 21.8 Å². The number of nitrogens with one attached hydrogen (secondary N) is 1. The third-order valence-corrected chi connectivity index (χ3v) is 9.84. The number of pyridine rings is 1. The number of carbonyl (C=O) groups excluding carboxylic acids is 3. The largest absolute Gasteiger partial charge is 0.472 e. The zero-order valence-electron chi connectivity index (χ0n) is 23.3. The second kappa shape index (κ2) is 10.6. The van der Waals surface area contributed by atoms with E-state index in [1.54, 1.807) is 45.2 Å². The van der Waals surface area contributed by atoms with Crippen LogP contribution in [-0.4, -0.2) is 65.6 Å². The van der Waals surface area contributed by atoms with Crippen molar-refractivity contribution in [3.8, 4) is 5.88 Å². The first-order valence-corrected chi connectivity index (χ1v) is 15.6. The number of Topliss-reactive ketones (excluding diaryl/α,β-unsaturated/α-hetero) is 1. The molecule has 0 spiro atoms. The number of nitrogens with zero attached hydrogens (tertiary/aromatic N) is 2. The predicted octanol–water partition coefficient (Wildman–Crippen LogP) is 4.40. The summed E-state index contributed by atoms with van der Waals surface area (Å²) < 4.78 is 39.0. The van der Waals surface area contributed by atoms with Crippen LogP contribution >= 0.6 is 11.6 Å². The summed E-state index contributed by atoms with van der Waals surface area (Å²) in [6.45, 7) is 9.01. The summed E-state index contributed by atoms with van der Waals surface area (Å²) in [7, 11) is -3.79. The fourth-order valence-electron chi connectivity index (χ4n) is 5.38. The lowest BCUT2D eigenvalue weighted by Crippen LogP contribution is -2.46. The number of hydrogen-bond acceptors (Lipinski definition) is 8. The van der Waals surface area contributed by atoms with Crippen LogP contribution in [0.25, 0.3) is 10.8 Å². The van der Waals surface area contributed by atoms with E-state index in [9.17, 15) is 22.8 Å². The molecule has 2 amide bonds. The normalized spacial score (nSPS) is 26.0. The minimum Gasteiger partial charge on any atom is -0.472 e. The third-order valence-electron chi connectivity index (χ3n) is 7.79. The van der Waals surface area contributed by atoms with Crippen LogP contribution in [0.15, 0.2) is 43.1 Å². The number of sulfonamides is 1. The molecule has 3 fully saturated rings. The molecule has 4 atom stereocenters. The van der Waals surface area contributed by atoms with Gasteiger partial charge in [0.1, 0.15) is 11.7 Å². The molecule has 12 heteroatoms. The average Bonchev–Trinajstić information content (AvgIpc) is 3.80. The van der Waals surface area contributed by atoms with Gasteiger partial charge in [-0.05, 0) is 69.5 Å². The molecule has 0 bridgehead atoms. The molecule has 1 N–H and O–H groups in total. The standard InChI is InChI=1S/C29H34ClN3O7S/c1-5-18-14-29(18,26(35)32-41(37,38)21-8-9-21)15-24(34)23-13-20(16-33(23)27(36)40-28(2,3)4)39-25-22-12-19(30)7-6-17(22)10-11-31-25/h5-7,10-12,18,20-21,23H,1,8-9,13-16H2,2-4H3,(H,32,35)/t18-,20?,23?,29-/m1/s1. The van der Waals surface area contributed by atoms with Crippen LogP contribution in [0.2, 0.25) is 5.02 Å². The number of fused-ring (bicyclic) bond motifs is 1. The van der Waals surface area contributed by atoms with E-state index < -0.39 is 50.4 Å². The molecular weight excluding hydrogens is 570 g/mol. The van der Waals surface area contributed by atoms with Gasteiger partial charge in [0.25, 0.3) is 0 Å². The number of carbonyl (C=O) groups is 3. The van der Waals surface area contributed by atoms with Gasteiger partial charge in [0, 0.05) is 29.4 Å². The first-order chi connectivity index (χ1) is 19.2. The number of rotatable bonds is 9. The van der Waals surface area contributed by atoms with Gasteiger partial charge in [-0.1, -0.05) is 23.7 Å². The number of likely N-dealkylation sites (tertiary alicyclic amines) is 1. The molecule has 5 rings (SSSR count). The molecule has 0 radical (unpaired) electrons. The smallest absolute Gasteiger partial charge is 0.411 e. The summed E-state index contributed by atoms with van der Waals surface area (Å²) in [5.74, 6) is -1.11. The number of amides is 2. The maximum Gasteiger partial charge on any atom is 0.411 e. The maximum absolute atomic E-state index is 13.8. The summed E-state index contributed by atoms with van der Waals surface area (Å²) in [5, 5.41) is 1.50. The highest BCUT2D eigenvalue weighted by molar-refractivity contribution is 7.90. The Morgan fingerprint density at radius 2 is 1.98 bits per heavy atom. The maximum atomic E-state index is 13.8. The first-order valence-electron chi connectivity index (χ1n) is 13.6. The van der Waals surface area contributed by atoms with Crippen molar-refractivity contribution in [3.05, 3.63) is 48.1 Å². The van der Waals surface area contributed by atoms with Gasteiger partial charge in [0.15, 0.2) is 5.78 Å². The Bertz CT molecular complexity index is 1520. The molecular formula is C29H34ClN3O7S. The number of benzene rings is 1. The summed E-state index contributed by atoms with van der Waals surface area (Å²) in [6.07, 6.45) is 3.12. The zero-order chi connectivity index (χ0) is 29.7. The van der Waals surface area contributed by atoms with E-state index in [2.05, 4.69) is 16.3 Å². The van der Waals surface area contributed by atoms with Crippen molar-refractivity contribution in [3.63, 3.8) is 0 Å². The fraction of sp³-hybridized carbons (Fsp3) is 0.517. The van der Waals surface area contributed by atoms with Crippen molar-refractivity contribution in [2.45, 2.75) is 75.9 Å². The van der Waals surface area contributed by atoms with Crippen LogP contribution in [0.3, 0.4) is 0 Å². The van der Waals surface area contributed by atoms with Crippen molar-refractivity contribution >= 4 is 50.2 Å². The van der Waals surface area contributed by atoms with Gasteiger partial charge < -0.3 is 9.47 Å². The summed E-state index contributed by atoms with van der Waals surface area (Å²) >= 11 is 6.20. The number of ether oxygens (including phenoxy) is 2. The van der Waals surface area contributed by atoms with Crippen molar-refractivity contribution in [2.24, 2.45) is 11.3 Å². The van der Waals surface area contributed by atoms with Gasteiger partial charge in [-0.25, -0.2) is 18.2 Å². The Kier molecular flexibility index (Phi) is 7.57. The highest BCUT2D eigenvalue weighted by Gasteiger charge is 2.61. The van der Waals surface area contributed by atoms with E-state index in [-0.39, 0.29) is 31.1 Å². The minimum absolute atomic E-state index is 0.0596. The molecule has 220 valence electrons. The van der Waals surface area contributed by atoms with Crippen LogP contribution in [-0.2, 0) is 24.3 Å². The number of hydrogen-bond donors (Lipinski definition) is 1. The van der Waals surface area contributed by atoms with E-state index >= 15 is 0 Å². The van der Waals surface area contributed by atoms with E-state index in [0.717, 1.165) is 5.39 Å². The van der Waals surface area contributed by atoms with Gasteiger partial charge in [-0.3, -0.25) is 19.2 Å². The van der Waals surface area contributed by atoms with Crippen LogP contribution in [0.5, 0.6) is 5.88 Å². The Balaban J connectivity index is 1.38. The Labute approximate surface area is 244 Å². The molecule has 2 heterocycles. The number of halogens is 1. The van der Waals surface area contributed by atoms with E-state index in [1.807, 2.05) is 12.1 Å². The fourth-order valence-corrected chi connectivity index (χ4v) is 6.94. The number of aromatic nitrogens is 1. The van der Waals surface area contributed by atoms with E-state index in [1.165, 1.54) is 4.90 Å². The Morgan fingerprint density at radius 3 is 2.61 bits per heavy atom. The third kappa shape index (κ3) is 6.21. The van der Waals surface area contributed by atoms with Gasteiger partial charge in [-0.15, -0.1) is 6.58 Å². The van der Waals surface area contributed by atoms with Crippen molar-refractivity contribution in [1.29, 1.82) is 0 Å². The number of allylic oxidation sites excluding steroid dienone is 1. The van der Waals surface area contributed by atoms with Crippen LogP contribution < -0.4 is 9.46 Å². The molecule has 1 aromatic heterocycles. The highest BCUT2D eigenvalue weighted by Crippen LogP contribution is 2.57. The number of ketones is 1. The molecule has 2 unspecified atom stereocenters. The van der Waals surface area contributed by atoms with Crippen molar-refractivity contribution in [2.75, 3.05) is 6.54 Å². The summed E-state index contributed by atoms with van der Waals surface area (Å²) in [4.78, 5) is 45.9. The lowest BCUT2D eigenvalue weighted by molar-refractivity contribution is -0.131. The molecule has 2 aliphatic carbocycles. The molecule has 1 aliphatic heterocycles. The van der Waals surface area contributed by atoms with Crippen LogP contribution in [0.1, 0.15) is 52.9 Å². The Morgan fingerprint density at radius 1 is 1.24 bits per heavy atom. The second-order valence-electron chi connectivity index (χ2n) is 12.1. The van der Waals surface area contributed by atoms with E-state index in [4.69, 9.17) is 21.1 Å². The van der Waals surface area contributed by atoms with Gasteiger partial charge in [0.05, 0.1) is 23.3 Å². The predicted molar refractivity (Wildman–Crippen MR) is 153 cm³/mol. The minimum atomic E-state index is -3.79. The summed E-state index contributed by atoms with van der Waals surface area (Å²) in [6, 6.07) is 6.23. The molecule has 1 saturated heterocycles. The molecule has 2 saturated carbocycles. The lowest BCUT2D eigenvalue weighted by atomic mass is 9.91. The zero-order valence-corrected chi connectivity index (χ0v) is 24.8. The molecule has 10 nitrogen and oxygen atoms in total. The highest BCUT2D eigenvalue weighted by atomic mass is 35.5. The SMILES string of the molecule is C=C[C@@H]1C[C@]1(CC(=O)C1CC(Oc2nccc3ccc(Cl)cc23)CN1C(=O)OC(C)(C)C)C(=O)NS(=O)(=O)C1CC1. The van der Waals surface area contributed by atoms with E-state index in [0.29, 0.717) is 35.6 Å². The second-order valence-corrected chi connectivity index (χ2v) is 14.5. The quantitative estimate of drug-likeness (QED) is 0.417. The molecule has 2 aromatic rings. The van der Waals surface area contributed by atoms with Crippen LogP contribution in [0, 0.1) is 11.3 Å². The summed E-state index contributed by atoms with van der Waals surface area (Å²) in [5.41, 5.74) is -2.03. The average molecular weight is 604 g/mol. The topological polar surface area (TPSA) is 132 Å². The van der Waals surface area contributed by atoms with Crippen molar-refractivity contribution in [1.82, 2.24) is 14.6 Å². The molecule has 3 aliphatic rings. The van der Waals surface area contributed by atoms with Gasteiger partial charge >= 0.3 is 6.09 Å². The molecule has 41 heavy (non-hydrogen) atoms. The van der Waals surface area contributed by atoms with Crippen molar-refractivity contribution < 1.29 is 32.3 Å².